The van der Waals surface area contributed by atoms with E-state index in [0.29, 0.717) is 0 Å². The maximum absolute atomic E-state index is 13.0. The lowest BCUT2D eigenvalue weighted by molar-refractivity contribution is -0.128. The Morgan fingerprint density at radius 2 is 1.92 bits per heavy atom. The summed E-state index contributed by atoms with van der Waals surface area (Å²) in [5, 5.41) is 0. The van der Waals surface area contributed by atoms with Crippen molar-refractivity contribution in [2.75, 3.05) is 20.2 Å². The molecule has 1 fully saturated rings. The van der Waals surface area contributed by atoms with Crippen LogP contribution >= 0.6 is 11.3 Å². The molecule has 1 amide bonds. The third-order valence-electron chi connectivity index (χ3n) is 4.23. The number of likely N-dealkylation sites (tertiary alicyclic amines) is 1. The van der Waals surface area contributed by atoms with Crippen molar-refractivity contribution in [3.63, 3.8) is 0 Å². The van der Waals surface area contributed by atoms with Crippen molar-refractivity contribution >= 4 is 23.3 Å². The molecule has 2 aromatic rings. The number of amides is 1. The minimum Gasteiger partial charge on any atom is -0.381 e. The second-order valence-electron chi connectivity index (χ2n) is 5.80. The van der Waals surface area contributed by atoms with Gasteiger partial charge < -0.3 is 9.64 Å². The monoisotopic (exact) mass is 345 g/mol. The fraction of sp³-hybridized carbons (Fsp3) is 0.316. The topological polar surface area (TPSA) is 29.5 Å². The molecule has 0 N–H and O–H groups in total. The third kappa shape index (κ3) is 4.10. The van der Waals surface area contributed by atoms with Gasteiger partial charge in [-0.05, 0) is 48.7 Å². The normalized spacial score (nSPS) is 16.0. The Hall–Kier alpha value is -1.98. The molecule has 1 saturated heterocycles. The molecule has 3 nitrogen and oxygen atoms in total. The second kappa shape index (κ2) is 7.73. The van der Waals surface area contributed by atoms with E-state index < -0.39 is 0 Å². The first-order valence-electron chi connectivity index (χ1n) is 8.01. The molecule has 0 atom stereocenters. The summed E-state index contributed by atoms with van der Waals surface area (Å²) in [7, 11) is 1.72. The van der Waals surface area contributed by atoms with Crippen LogP contribution in [0.3, 0.4) is 0 Å². The summed E-state index contributed by atoms with van der Waals surface area (Å²) in [6, 6.07) is 10.4. The van der Waals surface area contributed by atoms with Crippen molar-refractivity contribution < 1.29 is 13.9 Å². The largest absolute Gasteiger partial charge is 0.381 e. The smallest absolute Gasteiger partial charge is 0.246 e. The molecule has 3 rings (SSSR count). The molecule has 2 heterocycles. The average Bonchev–Trinajstić information content (AvgIpc) is 3.09. The molecule has 0 aliphatic carbocycles. The number of benzene rings is 1. The van der Waals surface area contributed by atoms with Gasteiger partial charge in [-0.1, -0.05) is 12.1 Å². The zero-order valence-electron chi connectivity index (χ0n) is 13.6. The lowest BCUT2D eigenvalue weighted by Gasteiger charge is -2.30. The maximum Gasteiger partial charge on any atom is 0.246 e. The van der Waals surface area contributed by atoms with Crippen molar-refractivity contribution in [3.8, 4) is 10.4 Å². The number of halogens is 1. The molecule has 0 bridgehead atoms. The van der Waals surface area contributed by atoms with Gasteiger partial charge in [0.05, 0.1) is 6.10 Å². The zero-order valence-corrected chi connectivity index (χ0v) is 14.4. The van der Waals surface area contributed by atoms with Crippen molar-refractivity contribution in [3.05, 3.63) is 53.2 Å². The zero-order chi connectivity index (χ0) is 16.9. The van der Waals surface area contributed by atoms with E-state index in [1.54, 1.807) is 36.7 Å². The van der Waals surface area contributed by atoms with Gasteiger partial charge in [0.25, 0.3) is 0 Å². The lowest BCUT2D eigenvalue weighted by Crippen LogP contribution is -2.39. The summed E-state index contributed by atoms with van der Waals surface area (Å²) < 4.78 is 18.3. The summed E-state index contributed by atoms with van der Waals surface area (Å²) in [5.74, 6) is -0.195. The highest BCUT2D eigenvalue weighted by Crippen LogP contribution is 2.29. The van der Waals surface area contributed by atoms with Crippen molar-refractivity contribution in [1.82, 2.24) is 4.90 Å². The van der Waals surface area contributed by atoms with E-state index in [-0.39, 0.29) is 17.8 Å². The van der Waals surface area contributed by atoms with Gasteiger partial charge in [-0.3, -0.25) is 4.79 Å². The molecule has 0 saturated carbocycles. The highest BCUT2D eigenvalue weighted by Gasteiger charge is 2.20. The predicted molar refractivity (Wildman–Crippen MR) is 95.4 cm³/mol. The first kappa shape index (κ1) is 16.9. The Bertz CT molecular complexity index is 715. The van der Waals surface area contributed by atoms with Gasteiger partial charge in [0.1, 0.15) is 5.82 Å². The minimum atomic E-state index is -0.238. The molecule has 126 valence electrons. The highest BCUT2D eigenvalue weighted by atomic mass is 32.1. The Morgan fingerprint density at radius 3 is 2.58 bits per heavy atom. The van der Waals surface area contributed by atoms with Gasteiger partial charge in [0, 0.05) is 36.0 Å². The number of nitrogens with zero attached hydrogens (tertiary/aromatic N) is 1. The molecular weight excluding hydrogens is 325 g/mol. The standard InChI is InChI=1S/C19H20FNO2S/c1-23-16-10-12-21(13-11-16)19(22)9-7-17-6-8-18(24-17)14-2-4-15(20)5-3-14/h2-9,16H,10-13H2,1H3/b9-7+. The summed E-state index contributed by atoms with van der Waals surface area (Å²) >= 11 is 1.58. The van der Waals surface area contributed by atoms with E-state index in [9.17, 15) is 9.18 Å². The minimum absolute atomic E-state index is 0.0429. The summed E-state index contributed by atoms with van der Waals surface area (Å²) in [6.45, 7) is 1.49. The number of rotatable bonds is 4. The molecule has 0 spiro atoms. The number of piperidine rings is 1. The van der Waals surface area contributed by atoms with Crippen LogP contribution in [0.2, 0.25) is 0 Å². The Morgan fingerprint density at radius 1 is 1.21 bits per heavy atom. The van der Waals surface area contributed by atoms with E-state index >= 15 is 0 Å². The Balaban J connectivity index is 1.61. The van der Waals surface area contributed by atoms with E-state index in [0.717, 1.165) is 41.2 Å². The van der Waals surface area contributed by atoms with Gasteiger partial charge in [-0.15, -0.1) is 11.3 Å². The van der Waals surface area contributed by atoms with Gasteiger partial charge in [-0.2, -0.15) is 0 Å². The quantitative estimate of drug-likeness (QED) is 0.777. The Labute approximate surface area is 145 Å². The van der Waals surface area contributed by atoms with Crippen LogP contribution in [0.4, 0.5) is 4.39 Å². The van der Waals surface area contributed by atoms with Crippen LogP contribution in [0.15, 0.2) is 42.5 Å². The molecule has 24 heavy (non-hydrogen) atoms. The maximum atomic E-state index is 13.0. The average molecular weight is 345 g/mol. The Kier molecular flexibility index (Phi) is 5.43. The number of thiophene rings is 1. The fourth-order valence-corrected chi connectivity index (χ4v) is 3.70. The summed E-state index contributed by atoms with van der Waals surface area (Å²) in [4.78, 5) is 16.2. The summed E-state index contributed by atoms with van der Waals surface area (Å²) in [6.07, 6.45) is 5.54. The fourth-order valence-electron chi connectivity index (χ4n) is 2.78. The van der Waals surface area contributed by atoms with E-state index in [1.165, 1.54) is 12.1 Å². The van der Waals surface area contributed by atoms with E-state index in [1.807, 2.05) is 23.1 Å². The number of carbonyl (C=O) groups is 1. The molecule has 0 unspecified atom stereocenters. The number of carbonyl (C=O) groups excluding carboxylic acids is 1. The first-order valence-corrected chi connectivity index (χ1v) is 8.83. The van der Waals surface area contributed by atoms with E-state index in [2.05, 4.69) is 0 Å². The van der Waals surface area contributed by atoms with Crippen LogP contribution in [0, 0.1) is 5.82 Å². The molecule has 5 heteroatoms. The van der Waals surface area contributed by atoms with Gasteiger partial charge in [0.15, 0.2) is 0 Å². The summed E-state index contributed by atoms with van der Waals surface area (Å²) in [5.41, 5.74) is 0.981. The SMILES string of the molecule is COC1CCN(C(=O)/C=C/c2ccc(-c3ccc(F)cc3)s2)CC1. The van der Waals surface area contributed by atoms with Crippen molar-refractivity contribution in [2.24, 2.45) is 0 Å². The van der Waals surface area contributed by atoms with Crippen LogP contribution < -0.4 is 0 Å². The lowest BCUT2D eigenvalue weighted by atomic mass is 10.1. The molecular formula is C19H20FNO2S. The molecule has 1 aromatic carbocycles. The van der Waals surface area contributed by atoms with Crippen LogP contribution in [0.25, 0.3) is 16.5 Å². The van der Waals surface area contributed by atoms with Crippen LogP contribution in [-0.4, -0.2) is 37.1 Å². The molecule has 1 aliphatic rings. The first-order chi connectivity index (χ1) is 11.7. The number of ether oxygens (including phenoxy) is 1. The number of hydrogen-bond donors (Lipinski definition) is 0. The van der Waals surface area contributed by atoms with Gasteiger partial charge >= 0.3 is 0 Å². The predicted octanol–water partition coefficient (Wildman–Crippen LogP) is 4.20. The van der Waals surface area contributed by atoms with Gasteiger partial charge in [-0.25, -0.2) is 4.39 Å². The van der Waals surface area contributed by atoms with Crippen LogP contribution in [-0.2, 0) is 9.53 Å². The number of methoxy groups -OCH3 is 1. The highest BCUT2D eigenvalue weighted by molar-refractivity contribution is 7.16. The van der Waals surface area contributed by atoms with Crippen LogP contribution in [0.1, 0.15) is 17.7 Å². The van der Waals surface area contributed by atoms with E-state index in [4.69, 9.17) is 4.74 Å². The second-order valence-corrected chi connectivity index (χ2v) is 6.92. The third-order valence-corrected chi connectivity index (χ3v) is 5.33. The molecule has 1 aromatic heterocycles. The van der Waals surface area contributed by atoms with Crippen molar-refractivity contribution in [1.29, 1.82) is 0 Å². The van der Waals surface area contributed by atoms with Gasteiger partial charge in [0.2, 0.25) is 5.91 Å². The molecule has 0 radical (unpaired) electrons. The molecule has 1 aliphatic heterocycles. The van der Waals surface area contributed by atoms with Crippen molar-refractivity contribution in [2.45, 2.75) is 18.9 Å². The number of hydrogen-bond acceptors (Lipinski definition) is 3. The van der Waals surface area contributed by atoms with Crippen LogP contribution in [0.5, 0.6) is 0 Å².